The Hall–Kier alpha value is -1.92. The van der Waals surface area contributed by atoms with Crippen molar-refractivity contribution >= 4 is 11.5 Å². The molecule has 0 amide bonds. The second kappa shape index (κ2) is 4.52. The molecule has 92 valence electrons. The summed E-state index contributed by atoms with van der Waals surface area (Å²) in [6.45, 7) is 1.40. The summed E-state index contributed by atoms with van der Waals surface area (Å²) in [6, 6.07) is 3.45. The molecule has 0 aliphatic carbocycles. The Morgan fingerprint density at radius 3 is 2.41 bits per heavy atom. The molecule has 17 heavy (non-hydrogen) atoms. The maximum Gasteiger partial charge on any atom is 0.450 e. The predicted octanol–water partition coefficient (Wildman–Crippen LogP) is 2.58. The first-order valence-electron chi connectivity index (χ1n) is 4.55. The largest absolute Gasteiger partial charge is 0.450 e. The normalized spacial score (nSPS) is 11.3. The highest BCUT2D eigenvalue weighted by Crippen LogP contribution is 2.22. The SMILES string of the molecule is Cc1cc(CC(=O)C(F)(F)F)ccc1[N+](=O)[O-]. The van der Waals surface area contributed by atoms with Crippen LogP contribution < -0.4 is 0 Å². The summed E-state index contributed by atoms with van der Waals surface area (Å²) >= 11 is 0. The topological polar surface area (TPSA) is 60.2 Å². The first-order chi connectivity index (χ1) is 7.71. The van der Waals surface area contributed by atoms with Gasteiger partial charge >= 0.3 is 6.18 Å². The number of hydrogen-bond donors (Lipinski definition) is 0. The number of halogens is 3. The number of ketones is 1. The fraction of sp³-hybridized carbons (Fsp3) is 0.300. The van der Waals surface area contributed by atoms with Crippen molar-refractivity contribution in [3.05, 3.63) is 39.4 Å². The van der Waals surface area contributed by atoms with Gasteiger partial charge in [0.15, 0.2) is 0 Å². The first kappa shape index (κ1) is 13.1. The Kier molecular flexibility index (Phi) is 3.50. The number of nitro groups is 1. The summed E-state index contributed by atoms with van der Waals surface area (Å²) < 4.78 is 36.0. The first-order valence-corrected chi connectivity index (χ1v) is 4.55. The van der Waals surface area contributed by atoms with Crippen LogP contribution in [-0.2, 0) is 11.2 Å². The van der Waals surface area contributed by atoms with Crippen LogP contribution in [0, 0.1) is 17.0 Å². The third kappa shape index (κ3) is 3.27. The zero-order valence-corrected chi connectivity index (χ0v) is 8.75. The molecule has 0 aromatic heterocycles. The molecule has 1 aromatic carbocycles. The molecule has 4 nitrogen and oxygen atoms in total. The summed E-state index contributed by atoms with van der Waals surface area (Å²) in [5.74, 6) is -1.87. The average molecular weight is 247 g/mol. The van der Waals surface area contributed by atoms with Gasteiger partial charge in [-0.05, 0) is 18.6 Å². The van der Waals surface area contributed by atoms with Crippen LogP contribution >= 0.6 is 0 Å². The highest BCUT2D eigenvalue weighted by molar-refractivity contribution is 5.86. The minimum Gasteiger partial charge on any atom is -0.289 e. The summed E-state index contributed by atoms with van der Waals surface area (Å²) in [6.07, 6.45) is -5.68. The summed E-state index contributed by atoms with van der Waals surface area (Å²) in [5, 5.41) is 10.5. The van der Waals surface area contributed by atoms with E-state index in [4.69, 9.17) is 0 Å². The van der Waals surface area contributed by atoms with Crippen LogP contribution in [0.25, 0.3) is 0 Å². The lowest BCUT2D eigenvalue weighted by Crippen LogP contribution is -2.24. The number of benzene rings is 1. The number of nitrogens with zero attached hydrogens (tertiary/aromatic N) is 1. The van der Waals surface area contributed by atoms with E-state index < -0.39 is 23.3 Å². The third-order valence-corrected chi connectivity index (χ3v) is 2.14. The maximum atomic E-state index is 12.0. The molecule has 0 unspecified atom stereocenters. The van der Waals surface area contributed by atoms with Crippen LogP contribution in [0.4, 0.5) is 18.9 Å². The van der Waals surface area contributed by atoms with E-state index in [0.29, 0.717) is 0 Å². The third-order valence-electron chi connectivity index (χ3n) is 2.14. The average Bonchev–Trinajstić information content (AvgIpc) is 2.15. The van der Waals surface area contributed by atoms with Crippen LogP contribution in [0.3, 0.4) is 0 Å². The standard InChI is InChI=1S/C10H8F3NO3/c1-6-4-7(2-3-8(6)14(16)17)5-9(15)10(11,12)13/h2-4H,5H2,1H3. The van der Waals surface area contributed by atoms with E-state index in [0.717, 1.165) is 12.1 Å². The van der Waals surface area contributed by atoms with Crippen LogP contribution in [0.1, 0.15) is 11.1 Å². The lowest BCUT2D eigenvalue weighted by atomic mass is 10.0. The molecular formula is C10H8F3NO3. The number of carbonyl (C=O) groups is 1. The van der Waals surface area contributed by atoms with Crippen LogP contribution in [0.5, 0.6) is 0 Å². The number of rotatable bonds is 3. The quantitative estimate of drug-likeness (QED) is 0.609. The molecule has 0 atom stereocenters. The fourth-order valence-corrected chi connectivity index (χ4v) is 1.32. The molecule has 0 bridgehead atoms. The van der Waals surface area contributed by atoms with Crippen molar-refractivity contribution in [3.63, 3.8) is 0 Å². The second-order valence-corrected chi connectivity index (χ2v) is 3.48. The Morgan fingerprint density at radius 2 is 2.00 bits per heavy atom. The van der Waals surface area contributed by atoms with Gasteiger partial charge in [0.25, 0.3) is 5.69 Å². The van der Waals surface area contributed by atoms with Gasteiger partial charge in [-0.2, -0.15) is 13.2 Å². The van der Waals surface area contributed by atoms with Crippen molar-refractivity contribution in [2.45, 2.75) is 19.5 Å². The van der Waals surface area contributed by atoms with Crippen molar-refractivity contribution in [2.75, 3.05) is 0 Å². The smallest absolute Gasteiger partial charge is 0.289 e. The minimum absolute atomic E-state index is 0.107. The molecule has 0 spiro atoms. The maximum absolute atomic E-state index is 12.0. The van der Waals surface area contributed by atoms with Crippen molar-refractivity contribution in [1.29, 1.82) is 0 Å². The van der Waals surface area contributed by atoms with Crippen LogP contribution in [0.15, 0.2) is 18.2 Å². The van der Waals surface area contributed by atoms with Gasteiger partial charge in [-0.25, -0.2) is 0 Å². The van der Waals surface area contributed by atoms with Crippen molar-refractivity contribution in [1.82, 2.24) is 0 Å². The molecule has 0 aliphatic rings. The van der Waals surface area contributed by atoms with Crippen LogP contribution in [0.2, 0.25) is 0 Å². The molecule has 1 rings (SSSR count). The van der Waals surface area contributed by atoms with Gasteiger partial charge in [-0.1, -0.05) is 6.07 Å². The highest BCUT2D eigenvalue weighted by atomic mass is 19.4. The van der Waals surface area contributed by atoms with Crippen molar-refractivity contribution in [2.24, 2.45) is 0 Å². The lowest BCUT2D eigenvalue weighted by Gasteiger charge is -2.05. The predicted molar refractivity (Wildman–Crippen MR) is 52.6 cm³/mol. The number of Topliss-reactive ketones (excluding diaryl/α,β-unsaturated/α-hetero) is 1. The van der Waals surface area contributed by atoms with E-state index in [1.54, 1.807) is 0 Å². The molecule has 1 aromatic rings. The minimum atomic E-state index is -4.88. The Bertz CT molecular complexity index is 468. The Morgan fingerprint density at radius 1 is 1.41 bits per heavy atom. The van der Waals surface area contributed by atoms with Crippen molar-refractivity contribution in [3.8, 4) is 0 Å². The fourth-order valence-electron chi connectivity index (χ4n) is 1.32. The molecule has 0 saturated carbocycles. The van der Waals surface area contributed by atoms with Gasteiger partial charge in [0.2, 0.25) is 5.78 Å². The van der Waals surface area contributed by atoms with Gasteiger partial charge in [0.1, 0.15) is 0 Å². The number of alkyl halides is 3. The summed E-state index contributed by atoms with van der Waals surface area (Å²) in [5.41, 5.74) is 0.145. The molecular weight excluding hydrogens is 239 g/mol. The molecule has 0 N–H and O–H groups in total. The van der Waals surface area contributed by atoms with Gasteiger partial charge in [0.05, 0.1) is 4.92 Å². The highest BCUT2D eigenvalue weighted by Gasteiger charge is 2.37. The second-order valence-electron chi connectivity index (χ2n) is 3.48. The van der Waals surface area contributed by atoms with E-state index >= 15 is 0 Å². The van der Waals surface area contributed by atoms with E-state index in [1.807, 2.05) is 0 Å². The van der Waals surface area contributed by atoms with E-state index in [-0.39, 0.29) is 16.8 Å². The lowest BCUT2D eigenvalue weighted by molar-refractivity contribution is -0.385. The number of carbonyl (C=O) groups excluding carboxylic acids is 1. The van der Waals surface area contributed by atoms with Gasteiger partial charge in [-0.15, -0.1) is 0 Å². The Labute approximate surface area is 94.2 Å². The Balaban J connectivity index is 2.92. The molecule has 0 radical (unpaired) electrons. The monoisotopic (exact) mass is 247 g/mol. The van der Waals surface area contributed by atoms with Crippen molar-refractivity contribution < 1.29 is 22.9 Å². The summed E-state index contributed by atoms with van der Waals surface area (Å²) in [7, 11) is 0. The van der Waals surface area contributed by atoms with E-state index in [1.165, 1.54) is 13.0 Å². The van der Waals surface area contributed by atoms with Gasteiger partial charge < -0.3 is 0 Å². The molecule has 0 fully saturated rings. The van der Waals surface area contributed by atoms with E-state index in [9.17, 15) is 28.1 Å². The number of aryl methyl sites for hydroxylation is 1. The zero-order chi connectivity index (χ0) is 13.2. The van der Waals surface area contributed by atoms with E-state index in [2.05, 4.69) is 0 Å². The number of nitro benzene ring substituents is 1. The molecule has 0 aliphatic heterocycles. The zero-order valence-electron chi connectivity index (χ0n) is 8.75. The molecule has 0 saturated heterocycles. The molecule has 0 heterocycles. The summed E-state index contributed by atoms with van der Waals surface area (Å²) in [4.78, 5) is 20.5. The molecule has 7 heteroatoms. The van der Waals surface area contributed by atoms with Gasteiger partial charge in [-0.3, -0.25) is 14.9 Å². The number of hydrogen-bond acceptors (Lipinski definition) is 3. The van der Waals surface area contributed by atoms with Gasteiger partial charge in [0, 0.05) is 18.1 Å². The van der Waals surface area contributed by atoms with Crippen LogP contribution in [-0.4, -0.2) is 16.9 Å².